The molecule has 0 bridgehead atoms. The van der Waals surface area contributed by atoms with Crippen molar-refractivity contribution in [3.05, 3.63) is 0 Å². The van der Waals surface area contributed by atoms with Crippen molar-refractivity contribution in [2.75, 3.05) is 0 Å². The van der Waals surface area contributed by atoms with E-state index in [1.165, 1.54) is 51.4 Å². The average molecular weight is 196 g/mol. The summed E-state index contributed by atoms with van der Waals surface area (Å²) in [7, 11) is 0. The molecule has 2 atom stereocenters. The zero-order chi connectivity index (χ0) is 10.4. The van der Waals surface area contributed by atoms with Crippen molar-refractivity contribution in [2.24, 2.45) is 17.8 Å². The second-order valence-electron chi connectivity index (χ2n) is 5.42. The van der Waals surface area contributed by atoms with Crippen LogP contribution in [-0.2, 0) is 0 Å². The maximum atomic E-state index is 2.42. The van der Waals surface area contributed by atoms with E-state index in [0.717, 1.165) is 17.8 Å². The van der Waals surface area contributed by atoms with Gasteiger partial charge in [0.2, 0.25) is 0 Å². The maximum Gasteiger partial charge on any atom is -0.0363 e. The number of hydrogen-bond donors (Lipinski definition) is 0. The van der Waals surface area contributed by atoms with Gasteiger partial charge in [0.25, 0.3) is 0 Å². The highest BCUT2D eigenvalue weighted by Crippen LogP contribution is 2.34. The highest BCUT2D eigenvalue weighted by molar-refractivity contribution is 4.73. The largest absolute Gasteiger partial charge is 0.0651 e. The van der Waals surface area contributed by atoms with Crippen molar-refractivity contribution in [2.45, 2.75) is 72.1 Å². The van der Waals surface area contributed by atoms with E-state index in [0.29, 0.717) is 0 Å². The summed E-state index contributed by atoms with van der Waals surface area (Å²) in [5.74, 6) is 2.93. The van der Waals surface area contributed by atoms with Crippen molar-refractivity contribution in [3.63, 3.8) is 0 Å². The van der Waals surface area contributed by atoms with Gasteiger partial charge in [-0.1, -0.05) is 65.7 Å². The standard InChI is InChI=1S/C14H28/c1-4-13-10-8-6-5-7-9-11-14(13)12(2)3/h12-14H,4-11H2,1-3H3. The van der Waals surface area contributed by atoms with E-state index in [1.54, 1.807) is 0 Å². The SMILES string of the molecule is CCC1CCCCCCCC1C(C)C. The zero-order valence-corrected chi connectivity index (χ0v) is 10.4. The Bertz CT molecular complexity index is 137. The Kier molecular flexibility index (Phi) is 5.59. The van der Waals surface area contributed by atoms with Crippen LogP contribution in [0.3, 0.4) is 0 Å². The third kappa shape index (κ3) is 3.63. The van der Waals surface area contributed by atoms with Gasteiger partial charge in [-0.25, -0.2) is 0 Å². The summed E-state index contributed by atoms with van der Waals surface area (Å²) < 4.78 is 0. The molecule has 1 saturated carbocycles. The van der Waals surface area contributed by atoms with Crippen LogP contribution in [0, 0.1) is 17.8 Å². The van der Waals surface area contributed by atoms with Gasteiger partial charge in [0.1, 0.15) is 0 Å². The summed E-state index contributed by atoms with van der Waals surface area (Å²) in [4.78, 5) is 0. The lowest BCUT2D eigenvalue weighted by Crippen LogP contribution is -2.19. The first kappa shape index (κ1) is 12.1. The normalized spacial score (nSPS) is 30.9. The van der Waals surface area contributed by atoms with Crippen molar-refractivity contribution in [1.82, 2.24) is 0 Å². The molecule has 0 radical (unpaired) electrons. The van der Waals surface area contributed by atoms with Crippen LogP contribution in [0.1, 0.15) is 72.1 Å². The van der Waals surface area contributed by atoms with Crippen LogP contribution < -0.4 is 0 Å². The molecule has 2 unspecified atom stereocenters. The molecule has 14 heavy (non-hydrogen) atoms. The van der Waals surface area contributed by atoms with E-state index in [1.807, 2.05) is 0 Å². The highest BCUT2D eigenvalue weighted by Gasteiger charge is 2.23. The molecule has 0 amide bonds. The lowest BCUT2D eigenvalue weighted by atomic mass is 9.77. The van der Waals surface area contributed by atoms with E-state index in [-0.39, 0.29) is 0 Å². The molecule has 0 heterocycles. The Morgan fingerprint density at radius 1 is 0.929 bits per heavy atom. The molecule has 0 saturated heterocycles. The van der Waals surface area contributed by atoms with Crippen LogP contribution in [0.25, 0.3) is 0 Å². The van der Waals surface area contributed by atoms with Crippen molar-refractivity contribution in [3.8, 4) is 0 Å². The first-order valence-electron chi connectivity index (χ1n) is 6.75. The van der Waals surface area contributed by atoms with Gasteiger partial charge in [-0.2, -0.15) is 0 Å². The maximum absolute atomic E-state index is 2.42. The molecule has 0 aromatic rings. The third-order valence-corrected chi connectivity index (χ3v) is 4.10. The molecular weight excluding hydrogens is 168 g/mol. The first-order valence-corrected chi connectivity index (χ1v) is 6.75. The topological polar surface area (TPSA) is 0 Å². The predicted molar refractivity (Wildman–Crippen MR) is 64.4 cm³/mol. The average Bonchev–Trinajstić information content (AvgIpc) is 2.27. The molecule has 0 aliphatic heterocycles. The Balaban J connectivity index is 2.53. The minimum Gasteiger partial charge on any atom is -0.0651 e. The van der Waals surface area contributed by atoms with Gasteiger partial charge in [-0.3, -0.25) is 0 Å². The molecule has 0 heteroatoms. The van der Waals surface area contributed by atoms with Crippen LogP contribution >= 0.6 is 0 Å². The summed E-state index contributed by atoms with van der Waals surface area (Å²) in [6.45, 7) is 7.23. The summed E-state index contributed by atoms with van der Waals surface area (Å²) in [5, 5.41) is 0. The fraction of sp³-hybridized carbons (Fsp3) is 1.00. The van der Waals surface area contributed by atoms with Gasteiger partial charge in [0.05, 0.1) is 0 Å². The van der Waals surface area contributed by atoms with Gasteiger partial charge >= 0.3 is 0 Å². The Morgan fingerprint density at radius 3 is 2.07 bits per heavy atom. The molecule has 1 rings (SSSR count). The molecular formula is C14H28. The van der Waals surface area contributed by atoms with Crippen LogP contribution in [0.15, 0.2) is 0 Å². The van der Waals surface area contributed by atoms with Crippen LogP contribution in [0.5, 0.6) is 0 Å². The first-order chi connectivity index (χ1) is 6.75. The molecule has 84 valence electrons. The molecule has 1 aliphatic rings. The van der Waals surface area contributed by atoms with Crippen molar-refractivity contribution < 1.29 is 0 Å². The number of hydrogen-bond acceptors (Lipinski definition) is 0. The zero-order valence-electron chi connectivity index (χ0n) is 10.4. The predicted octanol–water partition coefficient (Wildman–Crippen LogP) is 5.03. The molecule has 0 N–H and O–H groups in total. The molecule has 0 aromatic carbocycles. The monoisotopic (exact) mass is 196 g/mol. The Labute approximate surface area is 90.5 Å². The van der Waals surface area contributed by atoms with Crippen molar-refractivity contribution in [1.29, 1.82) is 0 Å². The molecule has 0 spiro atoms. The fourth-order valence-electron chi connectivity index (χ4n) is 3.15. The van der Waals surface area contributed by atoms with Gasteiger partial charge in [-0.05, 0) is 24.2 Å². The quantitative estimate of drug-likeness (QED) is 0.581. The fourth-order valence-corrected chi connectivity index (χ4v) is 3.15. The third-order valence-electron chi connectivity index (χ3n) is 4.10. The lowest BCUT2D eigenvalue weighted by Gasteiger charge is -2.29. The lowest BCUT2D eigenvalue weighted by molar-refractivity contribution is 0.215. The highest BCUT2D eigenvalue weighted by atomic mass is 14.3. The van der Waals surface area contributed by atoms with Crippen LogP contribution in [0.4, 0.5) is 0 Å². The van der Waals surface area contributed by atoms with Gasteiger partial charge in [-0.15, -0.1) is 0 Å². The van der Waals surface area contributed by atoms with E-state index in [2.05, 4.69) is 20.8 Å². The molecule has 0 nitrogen and oxygen atoms in total. The molecule has 1 aliphatic carbocycles. The summed E-state index contributed by atoms with van der Waals surface area (Å²) in [5.41, 5.74) is 0. The van der Waals surface area contributed by atoms with E-state index < -0.39 is 0 Å². The second-order valence-corrected chi connectivity index (χ2v) is 5.42. The second kappa shape index (κ2) is 6.48. The van der Waals surface area contributed by atoms with E-state index in [9.17, 15) is 0 Å². The minimum atomic E-state index is 0.901. The van der Waals surface area contributed by atoms with E-state index >= 15 is 0 Å². The molecule has 0 aromatic heterocycles. The van der Waals surface area contributed by atoms with Crippen LogP contribution in [0.2, 0.25) is 0 Å². The number of rotatable bonds is 2. The summed E-state index contributed by atoms with van der Waals surface area (Å²) >= 11 is 0. The summed E-state index contributed by atoms with van der Waals surface area (Å²) in [6.07, 6.45) is 11.8. The van der Waals surface area contributed by atoms with Crippen LogP contribution in [-0.4, -0.2) is 0 Å². The minimum absolute atomic E-state index is 0.901. The Morgan fingerprint density at radius 2 is 1.50 bits per heavy atom. The van der Waals surface area contributed by atoms with Crippen molar-refractivity contribution >= 4 is 0 Å². The summed E-state index contributed by atoms with van der Waals surface area (Å²) in [6, 6.07) is 0. The van der Waals surface area contributed by atoms with E-state index in [4.69, 9.17) is 0 Å². The molecule has 1 fully saturated rings. The smallest absolute Gasteiger partial charge is 0.0363 e. The van der Waals surface area contributed by atoms with Gasteiger partial charge in [0.15, 0.2) is 0 Å². The van der Waals surface area contributed by atoms with Gasteiger partial charge < -0.3 is 0 Å². The Hall–Kier alpha value is 0. The van der Waals surface area contributed by atoms with Gasteiger partial charge in [0, 0.05) is 0 Å².